The fourth-order valence-electron chi connectivity index (χ4n) is 3.15. The first-order valence-electron chi connectivity index (χ1n) is 8.66. The number of piperazine rings is 1. The van der Waals surface area contributed by atoms with Crippen LogP contribution >= 0.6 is 0 Å². The highest BCUT2D eigenvalue weighted by atomic mass is 32.2. The third kappa shape index (κ3) is 4.79. The zero-order valence-corrected chi connectivity index (χ0v) is 16.4. The molecule has 1 saturated heterocycles. The molecule has 0 aliphatic carbocycles. The maximum atomic E-state index is 12.7. The molecule has 1 aliphatic heterocycles. The van der Waals surface area contributed by atoms with Crippen LogP contribution in [0.4, 0.5) is 0 Å². The van der Waals surface area contributed by atoms with Gasteiger partial charge >= 0.3 is 0 Å². The van der Waals surface area contributed by atoms with Gasteiger partial charge in [0.1, 0.15) is 0 Å². The average molecular weight is 354 g/mol. The predicted octanol–water partition coefficient (Wildman–Crippen LogP) is 1.78. The lowest BCUT2D eigenvalue weighted by atomic mass is 9.85. The van der Waals surface area contributed by atoms with Crippen molar-refractivity contribution in [1.29, 1.82) is 0 Å². The van der Waals surface area contributed by atoms with Crippen LogP contribution in [-0.4, -0.2) is 52.6 Å². The molecule has 0 amide bonds. The van der Waals surface area contributed by atoms with Crippen molar-refractivity contribution in [2.45, 2.75) is 44.9 Å². The summed E-state index contributed by atoms with van der Waals surface area (Å²) in [6, 6.07) is 4.00. The summed E-state index contributed by atoms with van der Waals surface area (Å²) < 4.78 is 28.2. The van der Waals surface area contributed by atoms with Crippen LogP contribution in [-0.2, 0) is 15.4 Å². The molecular weight excluding hydrogens is 322 g/mol. The van der Waals surface area contributed by atoms with E-state index in [4.69, 9.17) is 0 Å². The Morgan fingerprint density at radius 1 is 1.12 bits per heavy atom. The van der Waals surface area contributed by atoms with Crippen molar-refractivity contribution in [3.63, 3.8) is 0 Å². The van der Waals surface area contributed by atoms with E-state index in [1.165, 1.54) is 0 Å². The molecule has 5 nitrogen and oxygen atoms in total. The van der Waals surface area contributed by atoms with Crippen LogP contribution in [0.3, 0.4) is 0 Å². The fourth-order valence-corrected chi connectivity index (χ4v) is 4.62. The van der Waals surface area contributed by atoms with Crippen LogP contribution in [0.25, 0.3) is 0 Å². The van der Waals surface area contributed by atoms with Gasteiger partial charge in [0.05, 0.1) is 4.90 Å². The molecule has 24 heavy (non-hydrogen) atoms. The van der Waals surface area contributed by atoms with Crippen LogP contribution in [0.5, 0.6) is 0 Å². The van der Waals surface area contributed by atoms with Crippen LogP contribution in [0.15, 0.2) is 17.0 Å². The minimum atomic E-state index is -3.48. The number of hydrogen-bond acceptors (Lipinski definition) is 4. The second-order valence-corrected chi connectivity index (χ2v) is 9.38. The van der Waals surface area contributed by atoms with Gasteiger partial charge in [0.15, 0.2) is 0 Å². The van der Waals surface area contributed by atoms with E-state index in [0.29, 0.717) is 11.4 Å². The monoisotopic (exact) mass is 353 g/mol. The summed E-state index contributed by atoms with van der Waals surface area (Å²) >= 11 is 0. The quantitative estimate of drug-likeness (QED) is 0.847. The second kappa shape index (κ2) is 7.52. The topological polar surface area (TPSA) is 61.4 Å². The SMILES string of the molecule is Cc1cc(C(C)(C)C)cc(C)c1S(=O)(=O)NCCN1CCNCC1. The summed E-state index contributed by atoms with van der Waals surface area (Å²) in [6.07, 6.45) is 0. The zero-order valence-electron chi connectivity index (χ0n) is 15.6. The van der Waals surface area contributed by atoms with E-state index >= 15 is 0 Å². The normalized spacial score (nSPS) is 17.2. The first kappa shape index (κ1) is 19.4. The molecule has 0 bridgehead atoms. The Morgan fingerprint density at radius 2 is 1.67 bits per heavy atom. The molecule has 0 saturated carbocycles. The molecule has 1 heterocycles. The summed E-state index contributed by atoms with van der Waals surface area (Å²) in [5, 5.41) is 3.30. The third-order valence-electron chi connectivity index (χ3n) is 4.52. The number of rotatable bonds is 5. The van der Waals surface area contributed by atoms with Crippen molar-refractivity contribution >= 4 is 10.0 Å². The van der Waals surface area contributed by atoms with E-state index in [1.807, 2.05) is 26.0 Å². The van der Waals surface area contributed by atoms with Crippen molar-refractivity contribution in [3.8, 4) is 0 Å². The van der Waals surface area contributed by atoms with Crippen molar-refractivity contribution in [2.24, 2.45) is 0 Å². The van der Waals surface area contributed by atoms with Gasteiger partial charge in [-0.25, -0.2) is 13.1 Å². The third-order valence-corrected chi connectivity index (χ3v) is 6.29. The zero-order chi connectivity index (χ0) is 18.0. The maximum absolute atomic E-state index is 12.7. The van der Waals surface area contributed by atoms with Crippen LogP contribution < -0.4 is 10.0 Å². The van der Waals surface area contributed by atoms with E-state index in [-0.39, 0.29) is 5.41 Å². The van der Waals surface area contributed by atoms with E-state index in [0.717, 1.165) is 49.4 Å². The molecule has 6 heteroatoms. The molecule has 2 N–H and O–H groups in total. The summed E-state index contributed by atoms with van der Waals surface area (Å²) in [5.74, 6) is 0. The Balaban J connectivity index is 2.11. The first-order chi connectivity index (χ1) is 11.1. The smallest absolute Gasteiger partial charge is 0.241 e. The Hall–Kier alpha value is -0.950. The predicted molar refractivity (Wildman–Crippen MR) is 99.1 cm³/mol. The van der Waals surface area contributed by atoms with Crippen molar-refractivity contribution in [3.05, 3.63) is 28.8 Å². The number of nitrogens with one attached hydrogen (secondary N) is 2. The van der Waals surface area contributed by atoms with Gasteiger partial charge < -0.3 is 5.32 Å². The second-order valence-electron chi connectivity index (χ2n) is 7.68. The van der Waals surface area contributed by atoms with Gasteiger partial charge in [-0.05, 0) is 36.0 Å². The number of nitrogens with zero attached hydrogens (tertiary/aromatic N) is 1. The average Bonchev–Trinajstić information content (AvgIpc) is 2.46. The molecule has 1 aliphatic rings. The lowest BCUT2D eigenvalue weighted by Gasteiger charge is -2.27. The van der Waals surface area contributed by atoms with E-state index in [2.05, 4.69) is 35.7 Å². The van der Waals surface area contributed by atoms with Gasteiger partial charge in [0.2, 0.25) is 10.0 Å². The van der Waals surface area contributed by atoms with Crippen LogP contribution in [0.1, 0.15) is 37.5 Å². The van der Waals surface area contributed by atoms with Crippen LogP contribution in [0, 0.1) is 13.8 Å². The highest BCUT2D eigenvalue weighted by Crippen LogP contribution is 2.29. The molecule has 0 spiro atoms. The molecule has 2 rings (SSSR count). The van der Waals surface area contributed by atoms with Gasteiger partial charge in [-0.1, -0.05) is 32.9 Å². The molecule has 0 unspecified atom stereocenters. The Morgan fingerprint density at radius 3 is 2.17 bits per heavy atom. The lowest BCUT2D eigenvalue weighted by molar-refractivity contribution is 0.245. The van der Waals surface area contributed by atoms with Crippen molar-refractivity contribution in [1.82, 2.24) is 14.9 Å². The summed E-state index contributed by atoms with van der Waals surface area (Å²) in [5.41, 5.74) is 2.80. The minimum absolute atomic E-state index is 0.00748. The van der Waals surface area contributed by atoms with E-state index in [9.17, 15) is 8.42 Å². The molecule has 0 radical (unpaired) electrons. The Bertz CT molecular complexity index is 649. The summed E-state index contributed by atoms with van der Waals surface area (Å²) in [4.78, 5) is 2.71. The molecule has 1 aromatic rings. The van der Waals surface area contributed by atoms with E-state index < -0.39 is 10.0 Å². The standard InChI is InChI=1S/C18H31N3O2S/c1-14-12-16(18(3,4)5)13-15(2)17(14)24(22,23)20-8-11-21-9-6-19-7-10-21/h12-13,19-20H,6-11H2,1-5H3. The number of hydrogen-bond donors (Lipinski definition) is 2. The van der Waals surface area contributed by atoms with Gasteiger partial charge in [-0.2, -0.15) is 0 Å². The molecular formula is C18H31N3O2S. The number of sulfonamides is 1. The Kier molecular flexibility index (Phi) is 6.07. The number of benzene rings is 1. The fraction of sp³-hybridized carbons (Fsp3) is 0.667. The van der Waals surface area contributed by atoms with Crippen molar-refractivity contribution < 1.29 is 8.42 Å². The Labute approximate surface area is 146 Å². The van der Waals surface area contributed by atoms with Gasteiger partial charge in [-0.15, -0.1) is 0 Å². The first-order valence-corrected chi connectivity index (χ1v) is 10.1. The molecule has 0 aromatic heterocycles. The van der Waals surface area contributed by atoms with Gasteiger partial charge in [0, 0.05) is 39.3 Å². The summed E-state index contributed by atoms with van der Waals surface area (Å²) in [7, 11) is -3.48. The van der Waals surface area contributed by atoms with Crippen molar-refractivity contribution in [2.75, 3.05) is 39.3 Å². The minimum Gasteiger partial charge on any atom is -0.314 e. The highest BCUT2D eigenvalue weighted by molar-refractivity contribution is 7.89. The molecule has 0 atom stereocenters. The van der Waals surface area contributed by atoms with Crippen LogP contribution in [0.2, 0.25) is 0 Å². The number of aryl methyl sites for hydroxylation is 2. The van der Waals surface area contributed by atoms with E-state index in [1.54, 1.807) is 0 Å². The molecule has 1 fully saturated rings. The lowest BCUT2D eigenvalue weighted by Crippen LogP contribution is -2.46. The van der Waals surface area contributed by atoms with Gasteiger partial charge in [-0.3, -0.25) is 4.90 Å². The largest absolute Gasteiger partial charge is 0.314 e. The molecule has 136 valence electrons. The highest BCUT2D eigenvalue weighted by Gasteiger charge is 2.23. The van der Waals surface area contributed by atoms with Gasteiger partial charge in [0.25, 0.3) is 0 Å². The summed E-state index contributed by atoms with van der Waals surface area (Å²) in [6.45, 7) is 15.3. The molecule has 1 aromatic carbocycles. The maximum Gasteiger partial charge on any atom is 0.241 e.